The molecule has 0 aliphatic rings. The summed E-state index contributed by atoms with van der Waals surface area (Å²) in [6.07, 6.45) is 1.60. The number of ether oxygens (including phenoxy) is 1. The second-order valence-electron chi connectivity index (χ2n) is 6.20. The van der Waals surface area contributed by atoms with Crippen LogP contribution in [0.1, 0.15) is 61.8 Å². The van der Waals surface area contributed by atoms with E-state index in [0.29, 0.717) is 58.7 Å². The van der Waals surface area contributed by atoms with Crippen LogP contribution in [0.4, 0.5) is 0 Å². The first-order chi connectivity index (χ1) is 15.3. The van der Waals surface area contributed by atoms with Crippen LogP contribution in [0.2, 0.25) is 6.04 Å². The molecule has 1 atom stereocenters. The lowest BCUT2D eigenvalue weighted by Gasteiger charge is -2.29. The van der Waals surface area contributed by atoms with Crippen molar-refractivity contribution < 1.29 is 40.5 Å². The van der Waals surface area contributed by atoms with E-state index in [1.165, 1.54) is 0 Å². The fraction of sp³-hybridized carbons (Fsp3) is 0.857. The van der Waals surface area contributed by atoms with E-state index in [1.807, 2.05) is 55.4 Å². The van der Waals surface area contributed by atoms with Crippen LogP contribution in [0.5, 0.6) is 0 Å². The third-order valence-corrected chi connectivity index (χ3v) is 9.37. The number of hydrogen-bond donors (Lipinski definition) is 0. The first-order valence-electron chi connectivity index (χ1n) is 11.6. The van der Waals surface area contributed by atoms with Gasteiger partial charge in [0.2, 0.25) is 0 Å². The van der Waals surface area contributed by atoms with E-state index < -0.39 is 23.8 Å². The molecule has 9 nitrogen and oxygen atoms in total. The van der Waals surface area contributed by atoms with Gasteiger partial charge in [0.25, 0.3) is 0 Å². The minimum atomic E-state index is -2.80. The van der Waals surface area contributed by atoms with E-state index in [0.717, 1.165) is 6.08 Å². The molecule has 1 unspecified atom stereocenters. The topological polar surface area (TPSA) is 90.9 Å². The molecule has 0 amide bonds. The highest BCUT2D eigenvalue weighted by molar-refractivity contribution is 6.60. The lowest BCUT2D eigenvalue weighted by Crippen LogP contribution is -2.49. The SMILES string of the molecule is C=CC(=O)OC(C)CC[Si](OCC)(OCC)OCC.CCO[Si](OCC)(OCC)OCC. The van der Waals surface area contributed by atoms with Gasteiger partial charge in [-0.1, -0.05) is 6.58 Å². The summed E-state index contributed by atoms with van der Waals surface area (Å²) < 4.78 is 44.0. The highest BCUT2D eigenvalue weighted by Crippen LogP contribution is 2.20. The smallest absolute Gasteiger partial charge is 0.460 e. The first-order valence-corrected chi connectivity index (χ1v) is 15.1. The van der Waals surface area contributed by atoms with Crippen molar-refractivity contribution in [2.24, 2.45) is 0 Å². The van der Waals surface area contributed by atoms with Crippen LogP contribution >= 0.6 is 0 Å². The fourth-order valence-electron chi connectivity index (χ4n) is 2.64. The molecule has 0 radical (unpaired) electrons. The highest BCUT2D eigenvalue weighted by Gasteiger charge is 2.44. The molecular weight excluding hydrogens is 452 g/mol. The third kappa shape index (κ3) is 15.2. The number of carbonyl (C=O) groups excluding carboxylic acids is 1. The van der Waals surface area contributed by atoms with Gasteiger partial charge in [0.1, 0.15) is 0 Å². The molecule has 0 aromatic heterocycles. The van der Waals surface area contributed by atoms with Gasteiger partial charge >= 0.3 is 23.8 Å². The summed E-state index contributed by atoms with van der Waals surface area (Å²) >= 11 is 0. The number of carbonyl (C=O) groups is 1. The molecule has 0 aliphatic heterocycles. The predicted molar refractivity (Wildman–Crippen MR) is 128 cm³/mol. The van der Waals surface area contributed by atoms with Crippen molar-refractivity contribution in [3.05, 3.63) is 12.7 Å². The van der Waals surface area contributed by atoms with Crippen molar-refractivity contribution in [2.75, 3.05) is 46.2 Å². The summed E-state index contributed by atoms with van der Waals surface area (Å²) in [5.41, 5.74) is 0. The van der Waals surface area contributed by atoms with Gasteiger partial charge in [-0.25, -0.2) is 4.79 Å². The van der Waals surface area contributed by atoms with Gasteiger partial charge in [0, 0.05) is 58.4 Å². The Balaban J connectivity index is 0. The van der Waals surface area contributed by atoms with Gasteiger partial charge in [-0.15, -0.1) is 0 Å². The standard InChI is InChI=1S/C13H26O5Si.C8H20O4Si/c1-6-13(14)18-12(5)10-11-19(15-7-2,16-8-3)17-9-4;1-5-9-13(10-6-2,11-7-3)12-8-4/h6,12H,1,7-11H2,2-5H3;5-8H2,1-4H3. The van der Waals surface area contributed by atoms with Crippen molar-refractivity contribution in [3.8, 4) is 0 Å². The zero-order valence-corrected chi connectivity index (χ0v) is 23.4. The van der Waals surface area contributed by atoms with E-state index in [2.05, 4.69) is 6.58 Å². The maximum Gasteiger partial charge on any atom is 0.679 e. The Morgan fingerprint density at radius 2 is 1.06 bits per heavy atom. The average Bonchev–Trinajstić information content (AvgIpc) is 2.74. The Morgan fingerprint density at radius 3 is 1.34 bits per heavy atom. The molecule has 192 valence electrons. The van der Waals surface area contributed by atoms with Crippen molar-refractivity contribution in [1.29, 1.82) is 0 Å². The van der Waals surface area contributed by atoms with Crippen LogP contribution in [-0.2, 0) is 40.5 Å². The Kier molecular flexibility index (Phi) is 21.9. The Morgan fingerprint density at radius 1 is 0.719 bits per heavy atom. The van der Waals surface area contributed by atoms with E-state index in [1.54, 1.807) is 0 Å². The van der Waals surface area contributed by atoms with E-state index >= 15 is 0 Å². The summed E-state index contributed by atoms with van der Waals surface area (Å²) in [5, 5.41) is 0. The second kappa shape index (κ2) is 20.9. The zero-order chi connectivity index (χ0) is 24.9. The molecule has 0 aliphatic carbocycles. The predicted octanol–water partition coefficient (Wildman–Crippen LogP) is 4.11. The largest absolute Gasteiger partial charge is 0.679 e. The van der Waals surface area contributed by atoms with Crippen molar-refractivity contribution in [2.45, 2.75) is 74.0 Å². The molecule has 0 rings (SSSR count). The summed E-state index contributed by atoms with van der Waals surface area (Å²) in [6.45, 7) is 22.4. The van der Waals surface area contributed by atoms with Crippen LogP contribution in [0, 0.1) is 0 Å². The maximum absolute atomic E-state index is 11.1. The Labute approximate surface area is 197 Å². The van der Waals surface area contributed by atoms with E-state index in [-0.39, 0.29) is 6.10 Å². The Bertz CT molecular complexity index is 420. The van der Waals surface area contributed by atoms with Gasteiger partial charge in [-0.2, -0.15) is 0 Å². The molecule has 11 heteroatoms. The Hall–Kier alpha value is -0.636. The molecule has 0 N–H and O–H groups in total. The van der Waals surface area contributed by atoms with Crippen LogP contribution < -0.4 is 0 Å². The van der Waals surface area contributed by atoms with Crippen LogP contribution in [0.3, 0.4) is 0 Å². The minimum Gasteiger partial charge on any atom is -0.460 e. The average molecular weight is 499 g/mol. The van der Waals surface area contributed by atoms with Crippen LogP contribution in [-0.4, -0.2) is 76.2 Å². The summed E-state index contributed by atoms with van der Waals surface area (Å²) in [7, 11) is -5.43. The molecule has 0 aromatic rings. The number of rotatable bonds is 19. The monoisotopic (exact) mass is 498 g/mol. The van der Waals surface area contributed by atoms with Crippen molar-refractivity contribution in [1.82, 2.24) is 0 Å². The minimum absolute atomic E-state index is 0.209. The molecule has 0 aromatic carbocycles. The third-order valence-electron chi connectivity index (χ3n) is 3.72. The zero-order valence-electron chi connectivity index (χ0n) is 21.4. The number of hydrogen-bond acceptors (Lipinski definition) is 9. The molecule has 0 bridgehead atoms. The van der Waals surface area contributed by atoms with Crippen LogP contribution in [0.25, 0.3) is 0 Å². The van der Waals surface area contributed by atoms with E-state index in [4.69, 9.17) is 35.7 Å². The maximum atomic E-state index is 11.1. The van der Waals surface area contributed by atoms with Gasteiger partial charge in [0.05, 0.1) is 6.10 Å². The lowest BCUT2D eigenvalue weighted by atomic mass is 10.3. The first kappa shape index (κ1) is 33.5. The molecular formula is C21H46O9Si2. The van der Waals surface area contributed by atoms with Gasteiger partial charge in [-0.3, -0.25) is 0 Å². The van der Waals surface area contributed by atoms with E-state index in [9.17, 15) is 4.79 Å². The van der Waals surface area contributed by atoms with Crippen LogP contribution in [0.15, 0.2) is 12.7 Å². The quantitative estimate of drug-likeness (QED) is 0.148. The molecule has 32 heavy (non-hydrogen) atoms. The fourth-order valence-corrected chi connectivity index (χ4v) is 7.32. The van der Waals surface area contributed by atoms with Gasteiger partial charge < -0.3 is 35.7 Å². The normalized spacial score (nSPS) is 12.6. The highest BCUT2D eigenvalue weighted by atomic mass is 28.4. The van der Waals surface area contributed by atoms with Gasteiger partial charge in [0.15, 0.2) is 0 Å². The van der Waals surface area contributed by atoms with Crippen molar-refractivity contribution in [3.63, 3.8) is 0 Å². The second-order valence-corrected chi connectivity index (χ2v) is 11.1. The summed E-state index contributed by atoms with van der Waals surface area (Å²) in [4.78, 5) is 11.1. The molecule has 0 saturated carbocycles. The molecule has 0 saturated heterocycles. The lowest BCUT2D eigenvalue weighted by molar-refractivity contribution is -0.142. The molecule has 0 heterocycles. The summed E-state index contributed by atoms with van der Waals surface area (Å²) in [6, 6.07) is 0.633. The number of esters is 1. The van der Waals surface area contributed by atoms with Gasteiger partial charge in [-0.05, 0) is 61.8 Å². The summed E-state index contributed by atoms with van der Waals surface area (Å²) in [5.74, 6) is -0.413. The van der Waals surface area contributed by atoms with Crippen molar-refractivity contribution >= 4 is 23.8 Å². The molecule has 0 fully saturated rings. The molecule has 0 spiro atoms.